The lowest BCUT2D eigenvalue weighted by Crippen LogP contribution is -2.04. The zero-order chi connectivity index (χ0) is 12.8. The van der Waals surface area contributed by atoms with Crippen LogP contribution in [0.2, 0.25) is 0 Å². The summed E-state index contributed by atoms with van der Waals surface area (Å²) in [6.45, 7) is 1.62. The Labute approximate surface area is 110 Å². The molecule has 0 spiro atoms. The number of ketones is 1. The third kappa shape index (κ3) is 3.83. The van der Waals surface area contributed by atoms with Gasteiger partial charge in [-0.25, -0.2) is 0 Å². The topological polar surface area (TPSA) is 17.1 Å². The van der Waals surface area contributed by atoms with Crippen molar-refractivity contribution in [2.24, 2.45) is 0 Å². The van der Waals surface area contributed by atoms with Crippen molar-refractivity contribution in [1.82, 2.24) is 0 Å². The van der Waals surface area contributed by atoms with Crippen molar-refractivity contribution in [2.45, 2.75) is 51.4 Å². The van der Waals surface area contributed by atoms with Gasteiger partial charge in [0, 0.05) is 6.42 Å². The van der Waals surface area contributed by atoms with Gasteiger partial charge < -0.3 is 0 Å². The van der Waals surface area contributed by atoms with Crippen molar-refractivity contribution < 1.29 is 4.79 Å². The van der Waals surface area contributed by atoms with Crippen LogP contribution < -0.4 is 0 Å². The van der Waals surface area contributed by atoms with Gasteiger partial charge in [0.1, 0.15) is 5.78 Å². The molecule has 0 heterocycles. The first kappa shape index (κ1) is 13.1. The molecule has 1 aromatic carbocycles. The molecule has 1 aliphatic carbocycles. The molecule has 0 saturated heterocycles. The number of carbonyl (C=O) groups excluding carboxylic acids is 1. The molecule has 0 bridgehead atoms. The van der Waals surface area contributed by atoms with Gasteiger partial charge in [0.15, 0.2) is 0 Å². The van der Waals surface area contributed by atoms with Gasteiger partial charge in [-0.05, 0) is 36.8 Å². The molecule has 1 fully saturated rings. The molecule has 0 amide bonds. The van der Waals surface area contributed by atoms with E-state index in [9.17, 15) is 4.79 Å². The SMILES string of the molecule is CC(=O)CC=Cc1ccc(C2CCCCC2)cc1. The predicted molar refractivity (Wildman–Crippen MR) is 76.6 cm³/mol. The summed E-state index contributed by atoms with van der Waals surface area (Å²) in [6, 6.07) is 8.84. The molecular weight excluding hydrogens is 220 g/mol. The maximum Gasteiger partial charge on any atom is 0.133 e. The Kier molecular flexibility index (Phi) is 4.74. The van der Waals surface area contributed by atoms with Gasteiger partial charge in [-0.1, -0.05) is 55.7 Å². The van der Waals surface area contributed by atoms with Crippen LogP contribution in [0, 0.1) is 0 Å². The lowest BCUT2D eigenvalue weighted by atomic mass is 9.84. The quantitative estimate of drug-likeness (QED) is 0.746. The molecule has 1 aromatic rings. The molecule has 18 heavy (non-hydrogen) atoms. The Hall–Kier alpha value is -1.37. The van der Waals surface area contributed by atoms with Gasteiger partial charge in [-0.3, -0.25) is 4.79 Å². The molecule has 0 aliphatic heterocycles. The minimum atomic E-state index is 0.213. The van der Waals surface area contributed by atoms with Crippen LogP contribution in [0.3, 0.4) is 0 Å². The normalized spacial score (nSPS) is 17.2. The summed E-state index contributed by atoms with van der Waals surface area (Å²) >= 11 is 0. The molecule has 0 atom stereocenters. The zero-order valence-electron chi connectivity index (χ0n) is 11.2. The van der Waals surface area contributed by atoms with Gasteiger partial charge in [-0.2, -0.15) is 0 Å². The molecular formula is C17H22O. The van der Waals surface area contributed by atoms with Crippen LogP contribution in [0.15, 0.2) is 30.3 Å². The largest absolute Gasteiger partial charge is 0.300 e. The summed E-state index contributed by atoms with van der Waals surface area (Å²) in [5, 5.41) is 0. The molecule has 96 valence electrons. The predicted octanol–water partition coefficient (Wildman–Crippen LogP) is 4.73. The number of rotatable bonds is 4. The number of hydrogen-bond donors (Lipinski definition) is 0. The Balaban J connectivity index is 1.96. The molecule has 0 radical (unpaired) electrons. The molecule has 1 aliphatic rings. The minimum absolute atomic E-state index is 0.213. The van der Waals surface area contributed by atoms with Crippen molar-refractivity contribution in [3.8, 4) is 0 Å². The highest BCUT2D eigenvalue weighted by atomic mass is 16.1. The first-order valence-corrected chi connectivity index (χ1v) is 7.01. The van der Waals surface area contributed by atoms with Crippen molar-refractivity contribution in [3.63, 3.8) is 0 Å². The van der Waals surface area contributed by atoms with E-state index in [1.54, 1.807) is 6.92 Å². The molecule has 1 nitrogen and oxygen atoms in total. The maximum absolute atomic E-state index is 10.8. The fourth-order valence-electron chi connectivity index (χ4n) is 2.68. The van der Waals surface area contributed by atoms with E-state index in [0.29, 0.717) is 6.42 Å². The smallest absolute Gasteiger partial charge is 0.133 e. The number of allylic oxidation sites excluding steroid dienone is 1. The molecule has 0 N–H and O–H groups in total. The third-order valence-electron chi connectivity index (χ3n) is 3.73. The average molecular weight is 242 g/mol. The van der Waals surface area contributed by atoms with Crippen LogP contribution in [0.5, 0.6) is 0 Å². The van der Waals surface area contributed by atoms with Crippen molar-refractivity contribution >= 4 is 11.9 Å². The standard InChI is InChI=1S/C17H22O/c1-14(18)6-5-7-15-10-12-17(13-11-15)16-8-3-2-4-9-16/h5,7,10-13,16H,2-4,6,8-9H2,1H3. The van der Waals surface area contributed by atoms with Crippen LogP contribution >= 0.6 is 0 Å². The number of benzene rings is 1. The first-order valence-electron chi connectivity index (χ1n) is 7.01. The van der Waals surface area contributed by atoms with Gasteiger partial charge in [0.2, 0.25) is 0 Å². The Morgan fingerprint density at radius 3 is 2.44 bits per heavy atom. The van der Waals surface area contributed by atoms with Crippen LogP contribution in [0.25, 0.3) is 6.08 Å². The second kappa shape index (κ2) is 6.53. The molecule has 0 unspecified atom stereocenters. The van der Waals surface area contributed by atoms with Crippen molar-refractivity contribution in [3.05, 3.63) is 41.5 Å². The van der Waals surface area contributed by atoms with E-state index >= 15 is 0 Å². The summed E-state index contributed by atoms with van der Waals surface area (Å²) in [5.41, 5.74) is 2.68. The highest BCUT2D eigenvalue weighted by Gasteiger charge is 2.14. The Morgan fingerprint density at radius 1 is 1.17 bits per heavy atom. The van der Waals surface area contributed by atoms with Crippen molar-refractivity contribution in [2.75, 3.05) is 0 Å². The summed E-state index contributed by atoms with van der Waals surface area (Å²) in [6.07, 6.45) is 11.4. The van der Waals surface area contributed by atoms with E-state index in [4.69, 9.17) is 0 Å². The highest BCUT2D eigenvalue weighted by Crippen LogP contribution is 2.32. The number of hydrogen-bond acceptors (Lipinski definition) is 1. The first-order chi connectivity index (χ1) is 8.75. The number of carbonyl (C=O) groups is 1. The minimum Gasteiger partial charge on any atom is -0.300 e. The Bertz CT molecular complexity index is 408. The van der Waals surface area contributed by atoms with Crippen molar-refractivity contribution in [1.29, 1.82) is 0 Å². The summed E-state index contributed by atoms with van der Waals surface area (Å²) < 4.78 is 0. The average Bonchev–Trinajstić information content (AvgIpc) is 2.40. The summed E-state index contributed by atoms with van der Waals surface area (Å²) in [4.78, 5) is 10.8. The summed E-state index contributed by atoms with van der Waals surface area (Å²) in [5.74, 6) is 0.985. The van der Waals surface area contributed by atoms with Gasteiger partial charge in [0.05, 0.1) is 0 Å². The van der Waals surface area contributed by atoms with E-state index in [1.165, 1.54) is 43.2 Å². The summed E-state index contributed by atoms with van der Waals surface area (Å²) in [7, 11) is 0. The van der Waals surface area contributed by atoms with E-state index < -0.39 is 0 Å². The van der Waals surface area contributed by atoms with Gasteiger partial charge in [0.25, 0.3) is 0 Å². The molecule has 1 saturated carbocycles. The van der Waals surface area contributed by atoms with E-state index in [1.807, 2.05) is 12.2 Å². The fraction of sp³-hybridized carbons (Fsp3) is 0.471. The monoisotopic (exact) mass is 242 g/mol. The Morgan fingerprint density at radius 2 is 1.83 bits per heavy atom. The lowest BCUT2D eigenvalue weighted by Gasteiger charge is -2.21. The molecule has 2 rings (SSSR count). The molecule has 0 aromatic heterocycles. The van der Waals surface area contributed by atoms with Gasteiger partial charge >= 0.3 is 0 Å². The van der Waals surface area contributed by atoms with E-state index in [2.05, 4.69) is 24.3 Å². The third-order valence-corrected chi connectivity index (χ3v) is 3.73. The van der Waals surface area contributed by atoms with Crippen LogP contribution in [-0.2, 0) is 4.79 Å². The van der Waals surface area contributed by atoms with E-state index in [-0.39, 0.29) is 5.78 Å². The zero-order valence-corrected chi connectivity index (χ0v) is 11.2. The second-order valence-electron chi connectivity index (χ2n) is 5.31. The second-order valence-corrected chi connectivity index (χ2v) is 5.31. The molecule has 1 heteroatoms. The van der Waals surface area contributed by atoms with E-state index in [0.717, 1.165) is 5.92 Å². The lowest BCUT2D eigenvalue weighted by molar-refractivity contribution is -0.116. The number of Topliss-reactive ketones (excluding diaryl/α,β-unsaturated/α-hetero) is 1. The van der Waals surface area contributed by atoms with Crippen LogP contribution in [-0.4, -0.2) is 5.78 Å². The van der Waals surface area contributed by atoms with Crippen LogP contribution in [0.1, 0.15) is 62.5 Å². The fourth-order valence-corrected chi connectivity index (χ4v) is 2.68. The highest BCUT2D eigenvalue weighted by molar-refractivity contribution is 5.78. The maximum atomic E-state index is 10.8. The van der Waals surface area contributed by atoms with Gasteiger partial charge in [-0.15, -0.1) is 0 Å². The van der Waals surface area contributed by atoms with Crippen LogP contribution in [0.4, 0.5) is 0 Å².